The molecule has 2 atom stereocenters. The molecule has 0 aromatic rings. The summed E-state index contributed by atoms with van der Waals surface area (Å²) >= 11 is 0. The number of carbonyl (C=O) groups is 1. The van der Waals surface area contributed by atoms with Crippen LogP contribution in [0.5, 0.6) is 0 Å². The normalized spacial score (nSPS) is 15.2. The van der Waals surface area contributed by atoms with Crippen molar-refractivity contribution >= 4 is 5.97 Å². The van der Waals surface area contributed by atoms with Crippen LogP contribution in [-0.2, 0) is 4.79 Å². The molecule has 0 aliphatic heterocycles. The fourth-order valence-electron chi connectivity index (χ4n) is 1.93. The summed E-state index contributed by atoms with van der Waals surface area (Å²) in [4.78, 5) is 10.5. The van der Waals surface area contributed by atoms with Crippen molar-refractivity contribution in [1.82, 2.24) is 0 Å². The molecule has 0 bridgehead atoms. The molecule has 0 fully saturated rings. The minimum atomic E-state index is -0.945. The lowest BCUT2D eigenvalue weighted by Gasteiger charge is -2.11. The lowest BCUT2D eigenvalue weighted by Crippen LogP contribution is -2.29. The van der Waals surface area contributed by atoms with E-state index >= 15 is 0 Å². The summed E-state index contributed by atoms with van der Waals surface area (Å²) in [6.07, 6.45) is 10.3. The minimum Gasteiger partial charge on any atom is -0.550 e. The molecule has 0 radical (unpaired) electrons. The van der Waals surface area contributed by atoms with Gasteiger partial charge in [0.2, 0.25) is 0 Å². The Bertz CT molecular complexity index is 279. The largest absolute Gasteiger partial charge is 0.550 e. The van der Waals surface area contributed by atoms with Crippen LogP contribution in [-0.4, -0.2) is 5.97 Å². The quantitative estimate of drug-likeness (QED) is 0.558. The first-order valence-corrected chi connectivity index (χ1v) is 6.94. The Morgan fingerprint density at radius 1 is 1.33 bits per heavy atom. The molecule has 2 heteroatoms. The zero-order valence-corrected chi connectivity index (χ0v) is 12.1. The Balaban J connectivity index is 3.71. The van der Waals surface area contributed by atoms with Gasteiger partial charge in [-0.3, -0.25) is 0 Å². The Morgan fingerprint density at radius 2 is 2.00 bits per heavy atom. The summed E-state index contributed by atoms with van der Waals surface area (Å²) in [5.41, 5.74) is 1.37. The Morgan fingerprint density at radius 3 is 2.56 bits per heavy atom. The molecular weight excluding hydrogens is 224 g/mol. The summed E-state index contributed by atoms with van der Waals surface area (Å²) in [6.45, 7) is 9.83. The van der Waals surface area contributed by atoms with E-state index < -0.39 is 5.97 Å². The van der Waals surface area contributed by atoms with Crippen molar-refractivity contribution in [2.75, 3.05) is 0 Å². The van der Waals surface area contributed by atoms with Gasteiger partial charge in [0, 0.05) is 5.97 Å². The summed E-state index contributed by atoms with van der Waals surface area (Å²) in [5, 5.41) is 10.5. The van der Waals surface area contributed by atoms with E-state index in [1.807, 2.05) is 6.08 Å². The number of hydrogen-bond donors (Lipinski definition) is 0. The van der Waals surface area contributed by atoms with Gasteiger partial charge in [0.05, 0.1) is 0 Å². The van der Waals surface area contributed by atoms with Crippen LogP contribution in [0.4, 0.5) is 0 Å². The minimum absolute atomic E-state index is 0.346. The van der Waals surface area contributed by atoms with Crippen LogP contribution >= 0.6 is 0 Å². The second-order valence-corrected chi connectivity index (χ2v) is 5.37. The molecule has 0 saturated heterocycles. The van der Waals surface area contributed by atoms with Crippen molar-refractivity contribution in [1.29, 1.82) is 0 Å². The van der Waals surface area contributed by atoms with E-state index in [9.17, 15) is 9.90 Å². The molecule has 0 heterocycles. The topological polar surface area (TPSA) is 40.1 Å². The van der Waals surface area contributed by atoms with Crippen molar-refractivity contribution in [2.45, 2.75) is 59.3 Å². The van der Waals surface area contributed by atoms with Gasteiger partial charge in [0.1, 0.15) is 0 Å². The molecule has 18 heavy (non-hydrogen) atoms. The number of carbonyl (C=O) groups excluding carboxylic acids is 1. The van der Waals surface area contributed by atoms with E-state index in [2.05, 4.69) is 26.5 Å². The van der Waals surface area contributed by atoms with Gasteiger partial charge in [0.25, 0.3) is 0 Å². The average molecular weight is 251 g/mol. The molecule has 0 spiro atoms. The van der Waals surface area contributed by atoms with Crippen molar-refractivity contribution in [3.8, 4) is 0 Å². The SMILES string of the molecule is C=CCC(C)CCC/C(C)=C/CCC(C)C(=O)[O-]. The first-order chi connectivity index (χ1) is 8.47. The van der Waals surface area contributed by atoms with Crippen LogP contribution in [0.25, 0.3) is 0 Å². The summed E-state index contributed by atoms with van der Waals surface area (Å²) < 4.78 is 0. The Labute approximate surface area is 112 Å². The monoisotopic (exact) mass is 251 g/mol. The zero-order valence-electron chi connectivity index (χ0n) is 12.1. The predicted octanol–water partition coefficient (Wildman–Crippen LogP) is 3.48. The predicted molar refractivity (Wildman–Crippen MR) is 75.0 cm³/mol. The van der Waals surface area contributed by atoms with Crippen LogP contribution in [0.2, 0.25) is 0 Å². The van der Waals surface area contributed by atoms with Gasteiger partial charge in [0.15, 0.2) is 0 Å². The first kappa shape index (κ1) is 16.9. The third-order valence-corrected chi connectivity index (χ3v) is 3.33. The highest BCUT2D eigenvalue weighted by atomic mass is 16.4. The third-order valence-electron chi connectivity index (χ3n) is 3.33. The Hall–Kier alpha value is -1.05. The fraction of sp³-hybridized carbons (Fsp3) is 0.688. The molecule has 0 aliphatic carbocycles. The van der Waals surface area contributed by atoms with Crippen molar-refractivity contribution in [3.63, 3.8) is 0 Å². The Kier molecular flexibility index (Phi) is 9.35. The number of aliphatic carboxylic acids is 1. The molecule has 2 nitrogen and oxygen atoms in total. The molecule has 2 unspecified atom stereocenters. The number of allylic oxidation sites excluding steroid dienone is 3. The zero-order chi connectivity index (χ0) is 14.0. The van der Waals surface area contributed by atoms with E-state index in [4.69, 9.17) is 0 Å². The summed E-state index contributed by atoms with van der Waals surface area (Å²) in [6, 6.07) is 0. The highest BCUT2D eigenvalue weighted by Crippen LogP contribution is 2.16. The average Bonchev–Trinajstić information content (AvgIpc) is 2.29. The number of rotatable bonds is 10. The van der Waals surface area contributed by atoms with Crippen LogP contribution in [0.1, 0.15) is 59.3 Å². The summed E-state index contributed by atoms with van der Waals surface area (Å²) in [5.74, 6) is -0.575. The van der Waals surface area contributed by atoms with Crippen LogP contribution in [0.3, 0.4) is 0 Å². The molecule has 0 aromatic heterocycles. The van der Waals surface area contributed by atoms with E-state index in [0.717, 1.165) is 19.3 Å². The van der Waals surface area contributed by atoms with Crippen molar-refractivity contribution < 1.29 is 9.90 Å². The van der Waals surface area contributed by atoms with Crippen LogP contribution in [0.15, 0.2) is 24.3 Å². The van der Waals surface area contributed by atoms with Gasteiger partial charge in [-0.15, -0.1) is 6.58 Å². The molecule has 0 aliphatic rings. The standard InChI is InChI=1S/C16H28O2/c1-5-8-13(2)9-6-10-14(3)11-7-12-15(4)16(17)18/h5,11,13,15H,1,6-10,12H2,2-4H3,(H,17,18)/p-1/b14-11+. The first-order valence-electron chi connectivity index (χ1n) is 6.94. The van der Waals surface area contributed by atoms with Crippen LogP contribution < -0.4 is 5.11 Å². The lowest BCUT2D eigenvalue weighted by molar-refractivity contribution is -0.311. The molecule has 0 saturated carbocycles. The van der Waals surface area contributed by atoms with Gasteiger partial charge in [-0.05, 0) is 50.9 Å². The molecule has 0 aromatic carbocycles. The van der Waals surface area contributed by atoms with E-state index in [-0.39, 0.29) is 5.92 Å². The molecule has 0 rings (SSSR count). The van der Waals surface area contributed by atoms with Gasteiger partial charge >= 0.3 is 0 Å². The van der Waals surface area contributed by atoms with Gasteiger partial charge in [-0.2, -0.15) is 0 Å². The van der Waals surface area contributed by atoms with E-state index in [0.29, 0.717) is 12.3 Å². The summed E-state index contributed by atoms with van der Waals surface area (Å²) in [7, 11) is 0. The van der Waals surface area contributed by atoms with Crippen molar-refractivity contribution in [2.24, 2.45) is 11.8 Å². The fourth-order valence-corrected chi connectivity index (χ4v) is 1.93. The third kappa shape index (κ3) is 9.03. The highest BCUT2D eigenvalue weighted by molar-refractivity contribution is 5.66. The maximum Gasteiger partial charge on any atom is 0.0442 e. The molecule has 104 valence electrons. The number of hydrogen-bond acceptors (Lipinski definition) is 2. The molecular formula is C16H27O2-. The van der Waals surface area contributed by atoms with E-state index in [1.54, 1.807) is 6.92 Å². The highest BCUT2D eigenvalue weighted by Gasteiger charge is 2.02. The maximum absolute atomic E-state index is 10.5. The second kappa shape index (κ2) is 9.93. The van der Waals surface area contributed by atoms with Gasteiger partial charge in [-0.25, -0.2) is 0 Å². The number of carboxylic acid groups (broad SMARTS) is 1. The van der Waals surface area contributed by atoms with E-state index in [1.165, 1.54) is 18.4 Å². The number of carboxylic acids is 1. The van der Waals surface area contributed by atoms with Gasteiger partial charge in [-0.1, -0.05) is 38.0 Å². The molecule has 0 amide bonds. The van der Waals surface area contributed by atoms with Crippen molar-refractivity contribution in [3.05, 3.63) is 24.3 Å². The smallest absolute Gasteiger partial charge is 0.0442 e. The lowest BCUT2D eigenvalue weighted by atomic mass is 9.98. The second-order valence-electron chi connectivity index (χ2n) is 5.37. The maximum atomic E-state index is 10.5. The van der Waals surface area contributed by atoms with Gasteiger partial charge < -0.3 is 9.90 Å². The van der Waals surface area contributed by atoms with Crippen LogP contribution in [0, 0.1) is 11.8 Å². The molecule has 0 N–H and O–H groups in total.